The van der Waals surface area contributed by atoms with Crippen LogP contribution in [0.4, 0.5) is 0 Å². The van der Waals surface area contributed by atoms with Gasteiger partial charge in [0.05, 0.1) is 14.2 Å². The van der Waals surface area contributed by atoms with Gasteiger partial charge in [-0.05, 0) is 43.8 Å². The first-order chi connectivity index (χ1) is 12.8. The zero-order valence-electron chi connectivity index (χ0n) is 16.2. The summed E-state index contributed by atoms with van der Waals surface area (Å²) >= 11 is 1.26. The van der Waals surface area contributed by atoms with Gasteiger partial charge in [0.25, 0.3) is 5.91 Å². The summed E-state index contributed by atoms with van der Waals surface area (Å²) in [6.45, 7) is 5.80. The lowest BCUT2D eigenvalue weighted by Crippen LogP contribution is -2.45. The molecule has 7 heteroatoms. The largest absolute Gasteiger partial charge is 0.493 e. The van der Waals surface area contributed by atoms with E-state index in [1.165, 1.54) is 25.6 Å². The fourth-order valence-corrected chi connectivity index (χ4v) is 2.94. The van der Waals surface area contributed by atoms with Crippen molar-refractivity contribution in [1.29, 1.82) is 0 Å². The molecular formula is C20H25NO5S. The van der Waals surface area contributed by atoms with Gasteiger partial charge in [-0.2, -0.15) is 0 Å². The summed E-state index contributed by atoms with van der Waals surface area (Å²) in [5.74, 6) is 0.0434. The predicted octanol–water partition coefficient (Wildman–Crippen LogP) is 3.97. The summed E-state index contributed by atoms with van der Waals surface area (Å²) in [5, 5.41) is 4.72. The SMILES string of the molecule is CCC(C)(C)NC(=O)[C@H](OC(=O)c1cccs1)c1ccc(OC)c(OC)c1. The van der Waals surface area contributed by atoms with Crippen LogP contribution in [-0.4, -0.2) is 31.6 Å². The number of nitrogens with one attached hydrogen (secondary N) is 1. The van der Waals surface area contributed by atoms with E-state index in [4.69, 9.17) is 14.2 Å². The highest BCUT2D eigenvalue weighted by Gasteiger charge is 2.30. The Morgan fingerprint density at radius 1 is 1.15 bits per heavy atom. The molecule has 1 aromatic carbocycles. The van der Waals surface area contributed by atoms with Crippen molar-refractivity contribution >= 4 is 23.2 Å². The number of rotatable bonds is 8. The van der Waals surface area contributed by atoms with E-state index in [-0.39, 0.29) is 5.91 Å². The molecule has 0 bridgehead atoms. The molecule has 1 amide bonds. The summed E-state index contributed by atoms with van der Waals surface area (Å²) < 4.78 is 16.1. The molecule has 2 rings (SSSR count). The Labute approximate surface area is 163 Å². The van der Waals surface area contributed by atoms with Crippen LogP contribution in [0.25, 0.3) is 0 Å². The Hall–Kier alpha value is -2.54. The van der Waals surface area contributed by atoms with Crippen LogP contribution in [-0.2, 0) is 9.53 Å². The van der Waals surface area contributed by atoms with Crippen molar-refractivity contribution in [2.75, 3.05) is 14.2 Å². The van der Waals surface area contributed by atoms with Gasteiger partial charge in [-0.15, -0.1) is 11.3 Å². The van der Waals surface area contributed by atoms with Crippen molar-refractivity contribution in [1.82, 2.24) is 5.32 Å². The van der Waals surface area contributed by atoms with Gasteiger partial charge in [-0.3, -0.25) is 4.79 Å². The van der Waals surface area contributed by atoms with Crippen molar-refractivity contribution < 1.29 is 23.8 Å². The van der Waals surface area contributed by atoms with Crippen LogP contribution in [0.2, 0.25) is 0 Å². The first kappa shape index (κ1) is 20.8. The topological polar surface area (TPSA) is 73.9 Å². The fraction of sp³-hybridized carbons (Fsp3) is 0.400. The third kappa shape index (κ3) is 5.23. The number of benzene rings is 1. The molecule has 1 heterocycles. The van der Waals surface area contributed by atoms with Crippen molar-refractivity contribution in [2.45, 2.75) is 38.8 Å². The van der Waals surface area contributed by atoms with Gasteiger partial charge in [0.1, 0.15) is 4.88 Å². The van der Waals surface area contributed by atoms with Crippen molar-refractivity contribution in [3.05, 3.63) is 46.2 Å². The molecular weight excluding hydrogens is 366 g/mol. The summed E-state index contributed by atoms with van der Waals surface area (Å²) in [6.07, 6.45) is -0.374. The number of carbonyl (C=O) groups excluding carboxylic acids is 2. The number of thiophene rings is 1. The molecule has 0 saturated heterocycles. The molecule has 0 radical (unpaired) electrons. The number of methoxy groups -OCH3 is 2. The highest BCUT2D eigenvalue weighted by Crippen LogP contribution is 2.32. The maximum absolute atomic E-state index is 12.9. The minimum Gasteiger partial charge on any atom is -0.493 e. The number of carbonyl (C=O) groups is 2. The lowest BCUT2D eigenvalue weighted by atomic mass is 10.0. The highest BCUT2D eigenvalue weighted by molar-refractivity contribution is 7.11. The second-order valence-electron chi connectivity index (χ2n) is 6.60. The molecule has 1 aromatic heterocycles. The average Bonchev–Trinajstić information content (AvgIpc) is 3.19. The quantitative estimate of drug-likeness (QED) is 0.689. The van der Waals surface area contributed by atoms with Gasteiger partial charge in [0.15, 0.2) is 11.5 Å². The second-order valence-corrected chi connectivity index (χ2v) is 7.55. The van der Waals surface area contributed by atoms with Gasteiger partial charge in [0.2, 0.25) is 6.10 Å². The Balaban J connectivity index is 2.36. The van der Waals surface area contributed by atoms with Crippen LogP contribution in [0.1, 0.15) is 48.5 Å². The van der Waals surface area contributed by atoms with Crippen LogP contribution in [0.3, 0.4) is 0 Å². The van der Waals surface area contributed by atoms with E-state index < -0.39 is 17.6 Å². The molecule has 1 atom stereocenters. The molecule has 1 N–H and O–H groups in total. The molecule has 2 aromatic rings. The maximum atomic E-state index is 12.9. The molecule has 0 fully saturated rings. The molecule has 6 nitrogen and oxygen atoms in total. The Bertz CT molecular complexity index is 786. The van der Waals surface area contributed by atoms with Crippen molar-refractivity contribution in [2.24, 2.45) is 0 Å². The van der Waals surface area contributed by atoms with Gasteiger partial charge < -0.3 is 19.5 Å². The molecule has 0 saturated carbocycles. The summed E-state index contributed by atoms with van der Waals surface area (Å²) in [6, 6.07) is 8.42. The lowest BCUT2D eigenvalue weighted by Gasteiger charge is -2.27. The standard InChI is InChI=1S/C20H25NO5S/c1-6-20(2,3)21-18(22)17(26-19(23)16-8-7-11-27-16)13-9-10-14(24-4)15(12-13)25-5/h7-12,17H,6H2,1-5H3,(H,21,22)/t17-/m1/s1. The fourth-order valence-electron chi connectivity index (χ4n) is 2.34. The summed E-state index contributed by atoms with van der Waals surface area (Å²) in [4.78, 5) is 25.8. The zero-order valence-corrected chi connectivity index (χ0v) is 17.0. The highest BCUT2D eigenvalue weighted by atomic mass is 32.1. The van der Waals surface area contributed by atoms with Gasteiger partial charge in [-0.1, -0.05) is 19.1 Å². The second kappa shape index (κ2) is 8.90. The van der Waals surface area contributed by atoms with Crippen LogP contribution < -0.4 is 14.8 Å². The summed E-state index contributed by atoms with van der Waals surface area (Å²) in [7, 11) is 3.04. The van der Waals surface area contributed by atoms with E-state index >= 15 is 0 Å². The minimum atomic E-state index is -1.11. The van der Waals surface area contributed by atoms with E-state index in [1.807, 2.05) is 20.8 Å². The number of hydrogen-bond acceptors (Lipinski definition) is 6. The maximum Gasteiger partial charge on any atom is 0.349 e. The monoisotopic (exact) mass is 391 g/mol. The molecule has 27 heavy (non-hydrogen) atoms. The van der Waals surface area contributed by atoms with Gasteiger partial charge >= 0.3 is 5.97 Å². The number of hydrogen-bond donors (Lipinski definition) is 1. The normalized spacial score (nSPS) is 12.2. The van der Waals surface area contributed by atoms with Gasteiger partial charge in [0, 0.05) is 11.1 Å². The average molecular weight is 391 g/mol. The zero-order chi connectivity index (χ0) is 20.0. The van der Waals surface area contributed by atoms with Crippen LogP contribution >= 0.6 is 11.3 Å². The third-order valence-corrected chi connectivity index (χ3v) is 5.09. The van der Waals surface area contributed by atoms with Crippen LogP contribution in [0.5, 0.6) is 11.5 Å². The minimum absolute atomic E-state index is 0.390. The van der Waals surface area contributed by atoms with Crippen LogP contribution in [0, 0.1) is 0 Å². The molecule has 0 aliphatic rings. The number of amides is 1. The Morgan fingerprint density at radius 2 is 1.85 bits per heavy atom. The number of ether oxygens (including phenoxy) is 3. The Kier molecular flexibility index (Phi) is 6.85. The Morgan fingerprint density at radius 3 is 2.41 bits per heavy atom. The van der Waals surface area contributed by atoms with E-state index in [2.05, 4.69) is 5.32 Å². The lowest BCUT2D eigenvalue weighted by molar-refractivity contribution is -0.132. The third-order valence-electron chi connectivity index (χ3n) is 4.24. The summed E-state index contributed by atoms with van der Waals surface area (Å²) in [5.41, 5.74) is 0.0725. The predicted molar refractivity (Wildman–Crippen MR) is 105 cm³/mol. The molecule has 0 unspecified atom stereocenters. The molecule has 0 spiro atoms. The van der Waals surface area contributed by atoms with Crippen LogP contribution in [0.15, 0.2) is 35.7 Å². The van der Waals surface area contributed by atoms with E-state index in [1.54, 1.807) is 35.7 Å². The van der Waals surface area contributed by atoms with Crippen molar-refractivity contribution in [3.8, 4) is 11.5 Å². The van der Waals surface area contributed by atoms with E-state index in [0.29, 0.717) is 21.9 Å². The van der Waals surface area contributed by atoms with E-state index in [0.717, 1.165) is 6.42 Å². The van der Waals surface area contributed by atoms with E-state index in [9.17, 15) is 9.59 Å². The smallest absolute Gasteiger partial charge is 0.349 e. The molecule has 146 valence electrons. The number of esters is 1. The van der Waals surface area contributed by atoms with Crippen molar-refractivity contribution in [3.63, 3.8) is 0 Å². The molecule has 0 aliphatic heterocycles. The first-order valence-electron chi connectivity index (χ1n) is 8.59. The molecule has 0 aliphatic carbocycles. The first-order valence-corrected chi connectivity index (χ1v) is 9.47. The van der Waals surface area contributed by atoms with Gasteiger partial charge in [-0.25, -0.2) is 4.79 Å².